The number of likely N-dealkylation sites (tertiary alicyclic amines) is 1. The molecule has 186 valence electrons. The number of methoxy groups -OCH3 is 2. The van der Waals surface area contributed by atoms with E-state index in [9.17, 15) is 14.7 Å². The minimum absolute atomic E-state index is 0.00000213. The molecule has 9 heteroatoms. The van der Waals surface area contributed by atoms with Crippen LogP contribution < -0.4 is 18.9 Å². The molecule has 2 aliphatic rings. The number of benzene rings is 2. The van der Waals surface area contributed by atoms with E-state index < -0.39 is 17.7 Å². The Morgan fingerprint density at radius 3 is 2.49 bits per heavy atom. The van der Waals surface area contributed by atoms with Gasteiger partial charge in [0.05, 0.1) is 25.8 Å². The van der Waals surface area contributed by atoms with Gasteiger partial charge in [0, 0.05) is 23.7 Å². The molecule has 0 saturated carbocycles. The first-order valence-corrected chi connectivity index (χ1v) is 11.4. The molecular weight excluding hydrogens is 452 g/mol. The molecule has 0 spiro atoms. The lowest BCUT2D eigenvalue weighted by Crippen LogP contribution is -2.32. The summed E-state index contributed by atoms with van der Waals surface area (Å²) < 4.78 is 22.1. The van der Waals surface area contributed by atoms with Crippen molar-refractivity contribution in [1.29, 1.82) is 0 Å². The molecule has 35 heavy (non-hydrogen) atoms. The molecule has 0 aliphatic carbocycles. The van der Waals surface area contributed by atoms with E-state index in [0.29, 0.717) is 60.3 Å². The molecule has 0 unspecified atom stereocenters. The molecule has 1 saturated heterocycles. The number of carbonyl (C=O) groups is 2. The molecule has 1 atom stereocenters. The molecule has 2 heterocycles. The number of rotatable bonds is 8. The molecule has 2 aromatic rings. The fourth-order valence-corrected chi connectivity index (χ4v) is 4.38. The fourth-order valence-electron chi connectivity index (χ4n) is 4.38. The van der Waals surface area contributed by atoms with Gasteiger partial charge in [-0.15, -0.1) is 0 Å². The highest BCUT2D eigenvalue weighted by Crippen LogP contribution is 2.44. The van der Waals surface area contributed by atoms with Crippen molar-refractivity contribution in [2.24, 2.45) is 0 Å². The third-order valence-corrected chi connectivity index (χ3v) is 6.10. The van der Waals surface area contributed by atoms with Gasteiger partial charge in [0.1, 0.15) is 30.5 Å². The number of Topliss-reactive ketones (excluding diaryl/α,β-unsaturated/α-hetero) is 1. The topological polar surface area (TPSA) is 97.8 Å². The predicted molar refractivity (Wildman–Crippen MR) is 129 cm³/mol. The van der Waals surface area contributed by atoms with Gasteiger partial charge in [0.25, 0.3) is 11.7 Å². The van der Waals surface area contributed by atoms with Gasteiger partial charge in [-0.2, -0.15) is 0 Å². The number of ketones is 1. The molecule has 4 rings (SSSR count). The minimum Gasteiger partial charge on any atom is -0.507 e. The summed E-state index contributed by atoms with van der Waals surface area (Å²) in [6.45, 7) is 1.89. The van der Waals surface area contributed by atoms with Crippen molar-refractivity contribution in [3.05, 3.63) is 53.1 Å². The number of hydrogen-bond acceptors (Lipinski definition) is 8. The summed E-state index contributed by atoms with van der Waals surface area (Å²) in [5.41, 5.74) is 0.939. The summed E-state index contributed by atoms with van der Waals surface area (Å²) in [5, 5.41) is 11.3. The number of ether oxygens (including phenoxy) is 4. The van der Waals surface area contributed by atoms with Gasteiger partial charge >= 0.3 is 0 Å². The first kappa shape index (κ1) is 24.4. The van der Waals surface area contributed by atoms with Crippen molar-refractivity contribution >= 4 is 17.4 Å². The average molecular weight is 483 g/mol. The second-order valence-corrected chi connectivity index (χ2v) is 8.62. The van der Waals surface area contributed by atoms with Crippen LogP contribution in [0.1, 0.15) is 23.6 Å². The molecule has 0 bridgehead atoms. The van der Waals surface area contributed by atoms with Crippen molar-refractivity contribution in [1.82, 2.24) is 9.80 Å². The third kappa shape index (κ3) is 4.77. The standard InChI is InChI=1S/C26H30N2O7/c1-27(2)10-5-11-28-23(18-8-7-17(32-3)15-20(18)33-4)22(25(30)26(28)31)24(29)16-6-9-19-21(14-16)35-13-12-34-19/h6-9,14-15,23,29H,5,10-13H2,1-4H3/b24-22+/t23-/m1/s1. The fraction of sp³-hybridized carbons (Fsp3) is 0.385. The monoisotopic (exact) mass is 482 g/mol. The van der Waals surface area contributed by atoms with E-state index in [1.54, 1.807) is 43.5 Å². The Morgan fingerprint density at radius 1 is 1.06 bits per heavy atom. The Morgan fingerprint density at radius 2 is 1.80 bits per heavy atom. The van der Waals surface area contributed by atoms with E-state index in [4.69, 9.17) is 18.9 Å². The lowest BCUT2D eigenvalue weighted by molar-refractivity contribution is -0.140. The number of hydrogen-bond donors (Lipinski definition) is 1. The summed E-state index contributed by atoms with van der Waals surface area (Å²) in [5.74, 6) is 0.363. The molecule has 0 aromatic heterocycles. The molecule has 2 aromatic carbocycles. The van der Waals surface area contributed by atoms with Crippen molar-refractivity contribution < 1.29 is 33.6 Å². The van der Waals surface area contributed by atoms with Gasteiger partial charge in [-0.25, -0.2) is 0 Å². The first-order chi connectivity index (χ1) is 16.8. The summed E-state index contributed by atoms with van der Waals surface area (Å²) in [6, 6.07) is 9.30. The molecule has 2 aliphatic heterocycles. The molecule has 1 fully saturated rings. The van der Waals surface area contributed by atoms with E-state index in [1.165, 1.54) is 12.0 Å². The van der Waals surface area contributed by atoms with Gasteiger partial charge in [-0.1, -0.05) is 0 Å². The summed E-state index contributed by atoms with van der Waals surface area (Å²) >= 11 is 0. The maximum absolute atomic E-state index is 13.3. The highest BCUT2D eigenvalue weighted by atomic mass is 16.6. The van der Waals surface area contributed by atoms with Crippen LogP contribution >= 0.6 is 0 Å². The maximum Gasteiger partial charge on any atom is 0.295 e. The molecular formula is C26H30N2O7. The van der Waals surface area contributed by atoms with E-state index in [1.807, 2.05) is 19.0 Å². The number of nitrogens with zero attached hydrogens (tertiary/aromatic N) is 2. The molecule has 1 amide bonds. The maximum atomic E-state index is 13.3. The Hall–Kier alpha value is -3.72. The predicted octanol–water partition coefficient (Wildman–Crippen LogP) is 2.85. The van der Waals surface area contributed by atoms with Gasteiger partial charge in [-0.3, -0.25) is 9.59 Å². The van der Waals surface area contributed by atoms with Crippen LogP contribution in [0.3, 0.4) is 0 Å². The SMILES string of the molecule is COc1ccc([C@@H]2/C(=C(\O)c3ccc4c(c3)OCCO4)C(=O)C(=O)N2CCCN(C)C)c(OC)c1. The van der Waals surface area contributed by atoms with E-state index >= 15 is 0 Å². The first-order valence-electron chi connectivity index (χ1n) is 11.4. The van der Waals surface area contributed by atoms with E-state index in [2.05, 4.69) is 0 Å². The zero-order chi connectivity index (χ0) is 25.1. The van der Waals surface area contributed by atoms with Crippen molar-refractivity contribution in [3.8, 4) is 23.0 Å². The van der Waals surface area contributed by atoms with E-state index in [0.717, 1.165) is 6.54 Å². The largest absolute Gasteiger partial charge is 0.507 e. The van der Waals surface area contributed by atoms with Crippen LogP contribution in [0.15, 0.2) is 42.0 Å². The van der Waals surface area contributed by atoms with Crippen molar-refractivity contribution in [2.45, 2.75) is 12.5 Å². The Labute approximate surface area is 204 Å². The summed E-state index contributed by atoms with van der Waals surface area (Å²) in [7, 11) is 6.95. The van der Waals surface area contributed by atoms with Crippen LogP contribution in [-0.4, -0.2) is 81.2 Å². The van der Waals surface area contributed by atoms with Crippen LogP contribution in [-0.2, 0) is 9.59 Å². The number of fused-ring (bicyclic) bond motifs is 1. The van der Waals surface area contributed by atoms with Crippen LogP contribution in [0.5, 0.6) is 23.0 Å². The Balaban J connectivity index is 1.84. The Bertz CT molecular complexity index is 1160. The smallest absolute Gasteiger partial charge is 0.295 e. The average Bonchev–Trinajstić information content (AvgIpc) is 3.12. The van der Waals surface area contributed by atoms with E-state index in [-0.39, 0.29) is 11.3 Å². The quantitative estimate of drug-likeness (QED) is 0.349. The van der Waals surface area contributed by atoms with Gasteiger partial charge in [0.2, 0.25) is 0 Å². The summed E-state index contributed by atoms with van der Waals surface area (Å²) in [6.07, 6.45) is 0.652. The number of aliphatic hydroxyl groups is 1. The van der Waals surface area contributed by atoms with Gasteiger partial charge < -0.3 is 33.9 Å². The zero-order valence-electron chi connectivity index (χ0n) is 20.4. The lowest BCUT2D eigenvalue weighted by Gasteiger charge is -2.27. The second-order valence-electron chi connectivity index (χ2n) is 8.62. The van der Waals surface area contributed by atoms with Crippen LogP contribution in [0.4, 0.5) is 0 Å². The third-order valence-electron chi connectivity index (χ3n) is 6.10. The normalized spacial score (nSPS) is 18.8. The number of aliphatic hydroxyl groups excluding tert-OH is 1. The second kappa shape index (κ2) is 10.3. The van der Waals surface area contributed by atoms with Crippen molar-refractivity contribution in [2.75, 3.05) is 54.6 Å². The van der Waals surface area contributed by atoms with Crippen LogP contribution in [0, 0.1) is 0 Å². The highest BCUT2D eigenvalue weighted by Gasteiger charge is 2.47. The Kier molecular flexibility index (Phi) is 7.16. The summed E-state index contributed by atoms with van der Waals surface area (Å²) in [4.78, 5) is 30.0. The number of amides is 1. The van der Waals surface area contributed by atoms with Gasteiger partial charge in [-0.05, 0) is 57.4 Å². The lowest BCUT2D eigenvalue weighted by atomic mass is 9.94. The highest BCUT2D eigenvalue weighted by molar-refractivity contribution is 6.46. The molecule has 1 N–H and O–H groups in total. The molecule has 0 radical (unpaired) electrons. The number of carbonyl (C=O) groups excluding carboxylic acids is 2. The minimum atomic E-state index is -0.828. The van der Waals surface area contributed by atoms with Crippen LogP contribution in [0.2, 0.25) is 0 Å². The zero-order valence-corrected chi connectivity index (χ0v) is 20.4. The molecule has 9 nitrogen and oxygen atoms in total. The van der Waals surface area contributed by atoms with Crippen molar-refractivity contribution in [3.63, 3.8) is 0 Å². The van der Waals surface area contributed by atoms with Crippen LogP contribution in [0.25, 0.3) is 5.76 Å². The van der Waals surface area contributed by atoms with Gasteiger partial charge in [0.15, 0.2) is 11.5 Å².